The lowest BCUT2D eigenvalue weighted by Gasteiger charge is -2.39. The molecule has 0 saturated carbocycles. The molecule has 0 amide bonds. The smallest absolute Gasteiger partial charge is 0.329 e. The molecule has 118 valence electrons. The minimum absolute atomic E-state index is 0.0800. The molecule has 1 aliphatic rings. The van der Waals surface area contributed by atoms with Crippen LogP contribution >= 0.6 is 11.8 Å². The third kappa shape index (κ3) is 4.63. The number of nitrogens with two attached hydrogens (primary N) is 1. The Balaban J connectivity index is 2.11. The van der Waals surface area contributed by atoms with Crippen molar-refractivity contribution in [3.05, 3.63) is 29.8 Å². The van der Waals surface area contributed by atoms with Gasteiger partial charge in [0.2, 0.25) is 0 Å². The number of likely N-dealkylation sites (tertiary alicyclic amines) is 1. The van der Waals surface area contributed by atoms with Crippen LogP contribution in [0.4, 0.5) is 13.2 Å². The van der Waals surface area contributed by atoms with Crippen molar-refractivity contribution >= 4 is 11.8 Å². The molecule has 2 atom stereocenters. The van der Waals surface area contributed by atoms with Crippen molar-refractivity contribution in [2.24, 2.45) is 5.73 Å². The first-order valence-corrected chi connectivity index (χ1v) is 8.04. The van der Waals surface area contributed by atoms with Gasteiger partial charge in [0.15, 0.2) is 0 Å². The van der Waals surface area contributed by atoms with Crippen molar-refractivity contribution in [2.75, 3.05) is 13.1 Å². The zero-order chi connectivity index (χ0) is 15.5. The lowest BCUT2D eigenvalue weighted by atomic mass is 9.97. The normalized spacial score (nSPS) is 22.2. The molecular formula is C15H21F3N2S. The summed E-state index contributed by atoms with van der Waals surface area (Å²) in [4.78, 5) is 2.59. The highest BCUT2D eigenvalue weighted by Crippen LogP contribution is 2.37. The summed E-state index contributed by atoms with van der Waals surface area (Å²) < 4.78 is 37.0. The van der Waals surface area contributed by atoms with Gasteiger partial charge in [0, 0.05) is 23.5 Å². The highest BCUT2D eigenvalue weighted by Gasteiger charge is 2.30. The van der Waals surface area contributed by atoms with Gasteiger partial charge in [-0.25, -0.2) is 0 Å². The lowest BCUT2D eigenvalue weighted by Crippen LogP contribution is -2.43. The molecular weight excluding hydrogens is 297 g/mol. The number of rotatable bonds is 4. The van der Waals surface area contributed by atoms with Crippen LogP contribution in [0.5, 0.6) is 0 Å². The standard InChI is InChI=1S/C15H21F3N2S/c1-11-4-2-3-9-20(11)14(10-19)12-5-7-13(8-6-12)21-15(16,17)18/h5-8,11,14H,2-4,9-10,19H2,1H3. The maximum Gasteiger partial charge on any atom is 0.446 e. The Bertz CT molecular complexity index is 447. The lowest BCUT2D eigenvalue weighted by molar-refractivity contribution is -0.0328. The highest BCUT2D eigenvalue weighted by atomic mass is 32.2. The first-order chi connectivity index (χ1) is 9.90. The molecule has 21 heavy (non-hydrogen) atoms. The number of benzene rings is 1. The summed E-state index contributed by atoms with van der Waals surface area (Å²) in [5, 5.41) is 0. The van der Waals surface area contributed by atoms with Gasteiger partial charge in [0.05, 0.1) is 0 Å². The van der Waals surface area contributed by atoms with Gasteiger partial charge in [-0.1, -0.05) is 18.6 Å². The van der Waals surface area contributed by atoms with E-state index in [1.54, 1.807) is 12.1 Å². The van der Waals surface area contributed by atoms with E-state index in [0.29, 0.717) is 12.6 Å². The van der Waals surface area contributed by atoms with Gasteiger partial charge in [-0.2, -0.15) is 13.2 Å². The third-order valence-electron chi connectivity index (χ3n) is 3.98. The fraction of sp³-hybridized carbons (Fsp3) is 0.600. The van der Waals surface area contributed by atoms with Crippen molar-refractivity contribution in [3.8, 4) is 0 Å². The number of hydrogen-bond donors (Lipinski definition) is 1. The van der Waals surface area contributed by atoms with Gasteiger partial charge in [0.25, 0.3) is 0 Å². The zero-order valence-electron chi connectivity index (χ0n) is 12.1. The molecule has 0 aliphatic carbocycles. The van der Waals surface area contributed by atoms with E-state index in [1.807, 2.05) is 0 Å². The average Bonchev–Trinajstić information content (AvgIpc) is 2.42. The Morgan fingerprint density at radius 3 is 2.48 bits per heavy atom. The molecule has 6 heteroatoms. The molecule has 2 N–H and O–H groups in total. The molecule has 1 saturated heterocycles. The first-order valence-electron chi connectivity index (χ1n) is 7.22. The molecule has 2 rings (SSSR count). The molecule has 0 aromatic heterocycles. The van der Waals surface area contributed by atoms with Crippen LogP contribution in [-0.2, 0) is 0 Å². The maximum absolute atomic E-state index is 12.3. The summed E-state index contributed by atoms with van der Waals surface area (Å²) in [7, 11) is 0. The second-order valence-electron chi connectivity index (χ2n) is 5.45. The zero-order valence-corrected chi connectivity index (χ0v) is 12.9. The Labute approximate surface area is 127 Å². The van der Waals surface area contributed by atoms with E-state index in [0.717, 1.165) is 24.9 Å². The van der Waals surface area contributed by atoms with Crippen LogP contribution in [0.3, 0.4) is 0 Å². The number of alkyl halides is 3. The van der Waals surface area contributed by atoms with E-state index in [4.69, 9.17) is 5.73 Å². The van der Waals surface area contributed by atoms with Crippen molar-refractivity contribution in [1.82, 2.24) is 4.90 Å². The molecule has 1 aromatic carbocycles. The SMILES string of the molecule is CC1CCCCN1C(CN)c1ccc(SC(F)(F)F)cc1. The summed E-state index contributed by atoms with van der Waals surface area (Å²) in [6.45, 7) is 3.67. The van der Waals surface area contributed by atoms with Gasteiger partial charge >= 0.3 is 5.51 Å². The second-order valence-corrected chi connectivity index (χ2v) is 6.59. The second kappa shape index (κ2) is 7.03. The van der Waals surface area contributed by atoms with E-state index >= 15 is 0 Å². The van der Waals surface area contributed by atoms with Gasteiger partial charge in [0.1, 0.15) is 0 Å². The minimum atomic E-state index is -4.24. The van der Waals surface area contributed by atoms with Crippen LogP contribution in [0.2, 0.25) is 0 Å². The highest BCUT2D eigenvalue weighted by molar-refractivity contribution is 8.00. The molecule has 1 aliphatic heterocycles. The van der Waals surface area contributed by atoms with Gasteiger partial charge < -0.3 is 5.73 Å². The number of thioether (sulfide) groups is 1. The fourth-order valence-electron chi connectivity index (χ4n) is 2.94. The van der Waals surface area contributed by atoms with E-state index in [-0.39, 0.29) is 22.7 Å². The Morgan fingerprint density at radius 1 is 1.29 bits per heavy atom. The Morgan fingerprint density at radius 2 is 1.95 bits per heavy atom. The van der Waals surface area contributed by atoms with Gasteiger partial charge in [-0.15, -0.1) is 0 Å². The average molecular weight is 318 g/mol. The van der Waals surface area contributed by atoms with Crippen molar-refractivity contribution in [2.45, 2.75) is 48.7 Å². The predicted molar refractivity (Wildman–Crippen MR) is 80.2 cm³/mol. The number of hydrogen-bond acceptors (Lipinski definition) is 3. The van der Waals surface area contributed by atoms with Crippen LogP contribution in [0.1, 0.15) is 37.8 Å². The number of halogens is 3. The summed E-state index contributed by atoms with van der Waals surface area (Å²) in [6, 6.07) is 7.16. The molecule has 0 spiro atoms. The molecule has 2 unspecified atom stereocenters. The minimum Gasteiger partial charge on any atom is -0.329 e. The van der Waals surface area contributed by atoms with Crippen LogP contribution < -0.4 is 5.73 Å². The van der Waals surface area contributed by atoms with Crippen molar-refractivity contribution in [3.63, 3.8) is 0 Å². The van der Waals surface area contributed by atoms with E-state index < -0.39 is 5.51 Å². The quantitative estimate of drug-likeness (QED) is 0.845. The van der Waals surface area contributed by atoms with Gasteiger partial charge in [-0.05, 0) is 55.8 Å². The maximum atomic E-state index is 12.3. The predicted octanol–water partition coefficient (Wildman–Crippen LogP) is 4.17. The monoisotopic (exact) mass is 318 g/mol. The molecule has 2 nitrogen and oxygen atoms in total. The molecule has 0 radical (unpaired) electrons. The van der Waals surface area contributed by atoms with Gasteiger partial charge in [-0.3, -0.25) is 4.90 Å². The molecule has 0 bridgehead atoms. The van der Waals surface area contributed by atoms with Crippen LogP contribution in [0, 0.1) is 0 Å². The summed E-state index contributed by atoms with van der Waals surface area (Å²) >= 11 is -0.0800. The van der Waals surface area contributed by atoms with Crippen LogP contribution in [0.15, 0.2) is 29.2 Å². The van der Waals surface area contributed by atoms with Crippen molar-refractivity contribution in [1.29, 1.82) is 0 Å². The molecule has 1 fully saturated rings. The molecule has 1 aromatic rings. The Hall–Kier alpha value is -0.720. The first kappa shape index (κ1) is 16.6. The van der Waals surface area contributed by atoms with Crippen LogP contribution in [-0.4, -0.2) is 29.5 Å². The summed E-state index contributed by atoms with van der Waals surface area (Å²) in [6.07, 6.45) is 3.54. The summed E-state index contributed by atoms with van der Waals surface area (Å²) in [5.74, 6) is 0. The number of nitrogens with zero attached hydrogens (tertiary/aromatic N) is 1. The fourth-order valence-corrected chi connectivity index (χ4v) is 3.48. The van der Waals surface area contributed by atoms with E-state index in [2.05, 4.69) is 11.8 Å². The topological polar surface area (TPSA) is 29.3 Å². The Kier molecular flexibility index (Phi) is 5.57. The molecule has 1 heterocycles. The largest absolute Gasteiger partial charge is 0.446 e. The van der Waals surface area contributed by atoms with Crippen molar-refractivity contribution < 1.29 is 13.2 Å². The third-order valence-corrected chi connectivity index (χ3v) is 4.72. The number of piperidine rings is 1. The van der Waals surface area contributed by atoms with E-state index in [1.165, 1.54) is 18.6 Å². The van der Waals surface area contributed by atoms with E-state index in [9.17, 15) is 13.2 Å². The van der Waals surface area contributed by atoms with Crippen LogP contribution in [0.25, 0.3) is 0 Å². The summed E-state index contributed by atoms with van der Waals surface area (Å²) in [5.41, 5.74) is 2.67.